The molecule has 0 aliphatic rings. The van der Waals surface area contributed by atoms with Crippen molar-refractivity contribution >= 4 is 28.7 Å². The van der Waals surface area contributed by atoms with E-state index in [0.29, 0.717) is 22.9 Å². The summed E-state index contributed by atoms with van der Waals surface area (Å²) in [6, 6.07) is 11.0. The number of hydrogen-bond acceptors (Lipinski definition) is 5. The average molecular weight is 292 g/mol. The molecule has 2 aromatic carbocycles. The van der Waals surface area contributed by atoms with Crippen molar-refractivity contribution < 1.29 is 9.47 Å². The van der Waals surface area contributed by atoms with E-state index in [0.717, 1.165) is 5.69 Å². The molecule has 0 unspecified atom stereocenters. The second-order valence-electron chi connectivity index (χ2n) is 3.89. The summed E-state index contributed by atoms with van der Waals surface area (Å²) in [6.45, 7) is 0. The first-order valence-corrected chi connectivity index (χ1v) is 6.22. The molecule has 0 bridgehead atoms. The van der Waals surface area contributed by atoms with Crippen LogP contribution in [0.3, 0.4) is 0 Å². The highest BCUT2D eigenvalue weighted by Crippen LogP contribution is 2.45. The van der Waals surface area contributed by atoms with E-state index < -0.39 is 0 Å². The van der Waals surface area contributed by atoms with E-state index in [-0.39, 0.29) is 5.02 Å². The first kappa shape index (κ1) is 14.1. The number of rotatable bonds is 4. The average Bonchev–Trinajstić information content (AvgIpc) is 2.49. The summed E-state index contributed by atoms with van der Waals surface area (Å²) in [5.74, 6) is 0.794. The predicted molar refractivity (Wildman–Crippen MR) is 79.6 cm³/mol. The van der Waals surface area contributed by atoms with E-state index in [2.05, 4.69) is 10.2 Å². The van der Waals surface area contributed by atoms with E-state index in [1.165, 1.54) is 14.2 Å². The number of ether oxygens (including phenoxy) is 2. The summed E-state index contributed by atoms with van der Waals surface area (Å²) in [7, 11) is 3.00. The van der Waals surface area contributed by atoms with Crippen LogP contribution >= 0.6 is 11.6 Å². The lowest BCUT2D eigenvalue weighted by Gasteiger charge is -2.12. The lowest BCUT2D eigenvalue weighted by atomic mass is 10.2. The fourth-order valence-corrected chi connectivity index (χ4v) is 1.92. The van der Waals surface area contributed by atoms with Crippen LogP contribution in [-0.2, 0) is 0 Å². The van der Waals surface area contributed by atoms with Gasteiger partial charge in [-0.2, -0.15) is 5.11 Å². The normalized spacial score (nSPS) is 10.8. The van der Waals surface area contributed by atoms with Crippen LogP contribution in [0.25, 0.3) is 0 Å². The molecule has 0 amide bonds. The Hall–Kier alpha value is -2.27. The van der Waals surface area contributed by atoms with Gasteiger partial charge in [0.1, 0.15) is 16.5 Å². The van der Waals surface area contributed by atoms with Gasteiger partial charge in [0.15, 0.2) is 5.75 Å². The van der Waals surface area contributed by atoms with Gasteiger partial charge in [-0.1, -0.05) is 29.8 Å². The maximum absolute atomic E-state index is 6.13. The van der Waals surface area contributed by atoms with Crippen molar-refractivity contribution in [3.63, 3.8) is 0 Å². The molecule has 0 heterocycles. The quantitative estimate of drug-likeness (QED) is 0.672. The summed E-state index contributed by atoms with van der Waals surface area (Å²) in [5, 5.41) is 8.52. The summed E-state index contributed by atoms with van der Waals surface area (Å²) < 4.78 is 10.4. The third kappa shape index (κ3) is 2.83. The van der Waals surface area contributed by atoms with Gasteiger partial charge in [0, 0.05) is 6.07 Å². The lowest BCUT2D eigenvalue weighted by molar-refractivity contribution is 0.406. The second kappa shape index (κ2) is 6.25. The van der Waals surface area contributed by atoms with Crippen molar-refractivity contribution in [2.45, 2.75) is 0 Å². The SMILES string of the molecule is COc1cc(N=Nc2ccccc2)c(OC)c(Cl)c1N. The van der Waals surface area contributed by atoms with E-state index in [1.807, 2.05) is 30.3 Å². The minimum atomic E-state index is 0.258. The summed E-state index contributed by atoms with van der Waals surface area (Å²) in [4.78, 5) is 0. The van der Waals surface area contributed by atoms with Gasteiger partial charge in [-0.05, 0) is 12.1 Å². The lowest BCUT2D eigenvalue weighted by Crippen LogP contribution is -1.96. The molecule has 0 aromatic heterocycles. The number of methoxy groups -OCH3 is 2. The van der Waals surface area contributed by atoms with Crippen LogP contribution in [0, 0.1) is 0 Å². The molecule has 104 valence electrons. The van der Waals surface area contributed by atoms with Crippen molar-refractivity contribution in [3.8, 4) is 11.5 Å². The van der Waals surface area contributed by atoms with Crippen LogP contribution in [0.15, 0.2) is 46.6 Å². The van der Waals surface area contributed by atoms with Crippen LogP contribution < -0.4 is 15.2 Å². The topological polar surface area (TPSA) is 69.2 Å². The van der Waals surface area contributed by atoms with Gasteiger partial charge >= 0.3 is 0 Å². The van der Waals surface area contributed by atoms with Crippen LogP contribution in [0.4, 0.5) is 17.1 Å². The summed E-state index contributed by atoms with van der Waals surface area (Å²) in [6.07, 6.45) is 0. The maximum Gasteiger partial charge on any atom is 0.167 e. The smallest absolute Gasteiger partial charge is 0.167 e. The van der Waals surface area contributed by atoms with E-state index >= 15 is 0 Å². The van der Waals surface area contributed by atoms with Crippen LogP contribution in [0.1, 0.15) is 0 Å². The molecule has 0 radical (unpaired) electrons. The summed E-state index contributed by atoms with van der Waals surface area (Å²) >= 11 is 6.13. The number of hydrogen-bond donors (Lipinski definition) is 1. The second-order valence-corrected chi connectivity index (χ2v) is 4.27. The fraction of sp³-hybridized carbons (Fsp3) is 0.143. The number of nitrogen functional groups attached to an aromatic ring is 1. The molecule has 0 saturated heterocycles. The van der Waals surface area contributed by atoms with Gasteiger partial charge in [-0.25, -0.2) is 0 Å². The Balaban J connectivity index is 2.45. The van der Waals surface area contributed by atoms with Gasteiger partial charge in [0.05, 0.1) is 25.6 Å². The number of nitrogens with zero attached hydrogens (tertiary/aromatic N) is 2. The van der Waals surface area contributed by atoms with Gasteiger partial charge in [-0.3, -0.25) is 0 Å². The Kier molecular flexibility index (Phi) is 4.42. The highest BCUT2D eigenvalue weighted by molar-refractivity contribution is 6.35. The molecule has 0 aliphatic heterocycles. The van der Waals surface area contributed by atoms with Gasteiger partial charge in [0.25, 0.3) is 0 Å². The highest BCUT2D eigenvalue weighted by atomic mass is 35.5. The van der Waals surface area contributed by atoms with Crippen LogP contribution in [-0.4, -0.2) is 14.2 Å². The van der Waals surface area contributed by atoms with Crippen molar-refractivity contribution in [3.05, 3.63) is 41.4 Å². The molecule has 2 aromatic rings. The number of benzene rings is 2. The van der Waals surface area contributed by atoms with Gasteiger partial charge in [0.2, 0.25) is 0 Å². The number of halogens is 1. The first-order chi connectivity index (χ1) is 9.67. The largest absolute Gasteiger partial charge is 0.494 e. The van der Waals surface area contributed by atoms with Gasteiger partial charge < -0.3 is 15.2 Å². The number of anilines is 1. The fourth-order valence-electron chi connectivity index (χ4n) is 1.65. The molecule has 0 aliphatic carbocycles. The number of azo groups is 1. The molecule has 2 rings (SSSR count). The molecular formula is C14H14ClN3O2. The molecule has 0 saturated carbocycles. The Morgan fingerprint density at radius 2 is 1.75 bits per heavy atom. The molecule has 6 heteroatoms. The molecular weight excluding hydrogens is 278 g/mol. The highest BCUT2D eigenvalue weighted by Gasteiger charge is 2.16. The van der Waals surface area contributed by atoms with E-state index in [4.69, 9.17) is 26.8 Å². The first-order valence-electron chi connectivity index (χ1n) is 5.84. The van der Waals surface area contributed by atoms with Crippen molar-refractivity contribution in [1.82, 2.24) is 0 Å². The zero-order valence-electron chi connectivity index (χ0n) is 11.1. The summed E-state index contributed by atoms with van der Waals surface area (Å²) in [5.41, 5.74) is 7.32. The molecule has 0 fully saturated rings. The van der Waals surface area contributed by atoms with Crippen molar-refractivity contribution in [1.29, 1.82) is 0 Å². The number of nitrogens with two attached hydrogens (primary N) is 1. The third-order valence-electron chi connectivity index (χ3n) is 2.66. The van der Waals surface area contributed by atoms with Crippen LogP contribution in [0.2, 0.25) is 5.02 Å². The molecule has 2 N–H and O–H groups in total. The van der Waals surface area contributed by atoms with E-state index in [9.17, 15) is 0 Å². The predicted octanol–water partition coefficient (Wildman–Crippen LogP) is 4.35. The Morgan fingerprint density at radius 3 is 2.35 bits per heavy atom. The zero-order chi connectivity index (χ0) is 14.5. The van der Waals surface area contributed by atoms with Crippen LogP contribution in [0.5, 0.6) is 11.5 Å². The van der Waals surface area contributed by atoms with Crippen molar-refractivity contribution in [2.75, 3.05) is 20.0 Å². The molecule has 5 nitrogen and oxygen atoms in total. The zero-order valence-corrected chi connectivity index (χ0v) is 11.9. The van der Waals surface area contributed by atoms with Gasteiger partial charge in [-0.15, -0.1) is 5.11 Å². The Morgan fingerprint density at radius 1 is 1.05 bits per heavy atom. The molecule has 0 atom stereocenters. The Labute approximate surface area is 122 Å². The molecule has 20 heavy (non-hydrogen) atoms. The Bertz CT molecular complexity index is 630. The minimum Gasteiger partial charge on any atom is -0.494 e. The minimum absolute atomic E-state index is 0.258. The monoisotopic (exact) mass is 291 g/mol. The van der Waals surface area contributed by atoms with E-state index in [1.54, 1.807) is 6.07 Å². The standard InChI is InChI=1S/C14H14ClN3O2/c1-19-11-8-10(14(20-2)12(15)13(11)16)18-17-9-6-4-3-5-7-9/h3-8H,16H2,1-2H3. The molecule has 0 spiro atoms. The van der Waals surface area contributed by atoms with Crippen molar-refractivity contribution in [2.24, 2.45) is 10.2 Å². The third-order valence-corrected chi connectivity index (χ3v) is 3.03. The maximum atomic E-state index is 6.13.